The number of anilines is 1. The molecule has 0 saturated carbocycles. The van der Waals surface area contributed by atoms with Crippen molar-refractivity contribution < 1.29 is 9.90 Å². The largest absolute Gasteiger partial charge is 0.387 e. The first-order valence-electron chi connectivity index (χ1n) is 6.93. The molecule has 1 atom stereocenters. The molecule has 6 heteroatoms. The smallest absolute Gasteiger partial charge is 0.246 e. The molecule has 2 N–H and O–H groups in total. The van der Waals surface area contributed by atoms with Crippen molar-refractivity contribution in [2.75, 3.05) is 5.32 Å². The Balaban J connectivity index is 1.99. The molecule has 112 valence electrons. The van der Waals surface area contributed by atoms with Crippen molar-refractivity contribution in [1.82, 2.24) is 15.0 Å². The third-order valence-corrected chi connectivity index (χ3v) is 3.13. The zero-order valence-electron chi connectivity index (χ0n) is 12.4. The molecule has 0 aliphatic rings. The quantitative estimate of drug-likeness (QED) is 0.883. The van der Waals surface area contributed by atoms with E-state index in [4.69, 9.17) is 0 Å². The molecule has 0 spiro atoms. The van der Waals surface area contributed by atoms with Gasteiger partial charge in [-0.15, -0.1) is 5.10 Å². The minimum absolute atomic E-state index is 0.0611. The Kier molecular flexibility index (Phi) is 4.70. The van der Waals surface area contributed by atoms with Gasteiger partial charge in [0.2, 0.25) is 5.91 Å². The summed E-state index contributed by atoms with van der Waals surface area (Å²) in [6.45, 7) is 5.87. The van der Waals surface area contributed by atoms with Crippen LogP contribution in [0, 0.1) is 0 Å². The molecule has 2 aromatic rings. The van der Waals surface area contributed by atoms with Crippen LogP contribution in [0.4, 0.5) is 5.69 Å². The molecular weight excluding hydrogens is 268 g/mol. The maximum atomic E-state index is 12.0. The summed E-state index contributed by atoms with van der Waals surface area (Å²) in [5, 5.41) is 19.8. The van der Waals surface area contributed by atoms with Crippen LogP contribution >= 0.6 is 0 Å². The first-order chi connectivity index (χ1) is 9.95. The lowest BCUT2D eigenvalue weighted by Gasteiger charge is -2.09. The van der Waals surface area contributed by atoms with Gasteiger partial charge in [-0.25, -0.2) is 4.68 Å². The van der Waals surface area contributed by atoms with Gasteiger partial charge >= 0.3 is 0 Å². The van der Waals surface area contributed by atoms with Gasteiger partial charge in [-0.05, 0) is 30.5 Å². The van der Waals surface area contributed by atoms with E-state index >= 15 is 0 Å². The van der Waals surface area contributed by atoms with E-state index in [1.807, 2.05) is 24.3 Å². The Morgan fingerprint density at radius 1 is 1.38 bits per heavy atom. The van der Waals surface area contributed by atoms with Crippen molar-refractivity contribution in [3.05, 3.63) is 41.7 Å². The SMILES string of the molecule is CC(C)c1cccc(NC(=O)Cn2cc(C(C)O)nn2)c1. The van der Waals surface area contributed by atoms with Crippen molar-refractivity contribution >= 4 is 11.6 Å². The molecular formula is C15H20N4O2. The monoisotopic (exact) mass is 288 g/mol. The van der Waals surface area contributed by atoms with Crippen LogP contribution < -0.4 is 5.32 Å². The maximum absolute atomic E-state index is 12.0. The predicted octanol–water partition coefficient (Wildman–Crippen LogP) is 2.09. The fourth-order valence-corrected chi connectivity index (χ4v) is 1.91. The number of carbonyl (C=O) groups is 1. The van der Waals surface area contributed by atoms with Crippen LogP contribution in [0.15, 0.2) is 30.5 Å². The number of rotatable bonds is 5. The standard InChI is InChI=1S/C15H20N4O2/c1-10(2)12-5-4-6-13(7-12)16-15(21)9-19-8-14(11(3)20)17-18-19/h4-8,10-11,20H,9H2,1-3H3,(H,16,21). The van der Waals surface area contributed by atoms with E-state index in [2.05, 4.69) is 29.5 Å². The van der Waals surface area contributed by atoms with Crippen LogP contribution in [-0.2, 0) is 11.3 Å². The van der Waals surface area contributed by atoms with Crippen molar-refractivity contribution in [2.45, 2.75) is 39.3 Å². The van der Waals surface area contributed by atoms with Crippen LogP contribution in [0.1, 0.15) is 44.1 Å². The Morgan fingerprint density at radius 3 is 2.76 bits per heavy atom. The highest BCUT2D eigenvalue weighted by atomic mass is 16.3. The number of aromatic nitrogens is 3. The molecule has 21 heavy (non-hydrogen) atoms. The average Bonchev–Trinajstić information content (AvgIpc) is 2.87. The Hall–Kier alpha value is -2.21. The highest BCUT2D eigenvalue weighted by molar-refractivity contribution is 5.90. The van der Waals surface area contributed by atoms with Gasteiger partial charge in [-0.2, -0.15) is 0 Å². The third kappa shape index (κ3) is 4.13. The molecule has 0 aliphatic heterocycles. The van der Waals surface area contributed by atoms with Crippen molar-refractivity contribution in [1.29, 1.82) is 0 Å². The average molecular weight is 288 g/mol. The number of nitrogens with one attached hydrogen (secondary N) is 1. The van der Waals surface area contributed by atoms with Crippen LogP contribution in [0.25, 0.3) is 0 Å². The number of aliphatic hydroxyl groups is 1. The normalized spacial score (nSPS) is 12.4. The lowest BCUT2D eigenvalue weighted by Crippen LogP contribution is -2.19. The summed E-state index contributed by atoms with van der Waals surface area (Å²) in [4.78, 5) is 12.0. The molecule has 2 rings (SSSR count). The zero-order chi connectivity index (χ0) is 15.4. The number of aliphatic hydroxyl groups excluding tert-OH is 1. The number of amides is 1. The Labute approximate surface area is 123 Å². The minimum Gasteiger partial charge on any atom is -0.387 e. The van der Waals surface area contributed by atoms with E-state index in [0.717, 1.165) is 5.69 Å². The maximum Gasteiger partial charge on any atom is 0.246 e. The van der Waals surface area contributed by atoms with E-state index in [-0.39, 0.29) is 12.5 Å². The van der Waals surface area contributed by atoms with Gasteiger partial charge in [0.15, 0.2) is 0 Å². The molecule has 0 bridgehead atoms. The second kappa shape index (κ2) is 6.49. The molecule has 0 aliphatic carbocycles. The summed E-state index contributed by atoms with van der Waals surface area (Å²) in [5.74, 6) is 0.226. The molecule has 1 aromatic carbocycles. The first-order valence-corrected chi connectivity index (χ1v) is 6.93. The number of benzene rings is 1. The summed E-state index contributed by atoms with van der Waals surface area (Å²) < 4.78 is 1.41. The van der Waals surface area contributed by atoms with Gasteiger partial charge < -0.3 is 10.4 Å². The summed E-state index contributed by atoms with van der Waals surface area (Å²) in [7, 11) is 0. The van der Waals surface area contributed by atoms with E-state index in [1.54, 1.807) is 13.1 Å². The van der Waals surface area contributed by atoms with Gasteiger partial charge in [0.05, 0.1) is 12.3 Å². The molecule has 1 heterocycles. The predicted molar refractivity (Wildman–Crippen MR) is 79.8 cm³/mol. The van der Waals surface area contributed by atoms with Crippen LogP contribution in [0.3, 0.4) is 0 Å². The number of hydrogen-bond acceptors (Lipinski definition) is 4. The highest BCUT2D eigenvalue weighted by Crippen LogP contribution is 2.18. The molecule has 6 nitrogen and oxygen atoms in total. The second-order valence-electron chi connectivity index (χ2n) is 5.35. The lowest BCUT2D eigenvalue weighted by molar-refractivity contribution is -0.116. The summed E-state index contributed by atoms with van der Waals surface area (Å²) in [6.07, 6.45) is 0.874. The van der Waals surface area contributed by atoms with Gasteiger partial charge in [0.25, 0.3) is 0 Å². The van der Waals surface area contributed by atoms with Crippen LogP contribution in [0.2, 0.25) is 0 Å². The van der Waals surface area contributed by atoms with Crippen LogP contribution in [-0.4, -0.2) is 26.0 Å². The number of carbonyl (C=O) groups excluding carboxylic acids is 1. The molecule has 0 radical (unpaired) electrons. The Bertz CT molecular complexity index is 620. The summed E-state index contributed by atoms with van der Waals surface area (Å²) in [6, 6.07) is 7.77. The topological polar surface area (TPSA) is 80.0 Å². The van der Waals surface area contributed by atoms with Crippen molar-refractivity contribution in [3.8, 4) is 0 Å². The highest BCUT2D eigenvalue weighted by Gasteiger charge is 2.10. The molecule has 1 amide bonds. The molecule has 0 saturated heterocycles. The fourth-order valence-electron chi connectivity index (χ4n) is 1.91. The zero-order valence-corrected chi connectivity index (χ0v) is 12.4. The van der Waals surface area contributed by atoms with Gasteiger partial charge in [0, 0.05) is 5.69 Å². The van der Waals surface area contributed by atoms with Gasteiger partial charge in [0.1, 0.15) is 12.2 Å². The molecule has 0 fully saturated rings. The summed E-state index contributed by atoms with van der Waals surface area (Å²) in [5.41, 5.74) is 2.39. The molecule has 1 aromatic heterocycles. The number of nitrogens with zero attached hydrogens (tertiary/aromatic N) is 3. The fraction of sp³-hybridized carbons (Fsp3) is 0.400. The van der Waals surface area contributed by atoms with Gasteiger partial charge in [-0.3, -0.25) is 4.79 Å². The van der Waals surface area contributed by atoms with Gasteiger partial charge in [-0.1, -0.05) is 31.2 Å². The minimum atomic E-state index is -0.690. The van der Waals surface area contributed by atoms with E-state index in [0.29, 0.717) is 11.6 Å². The Morgan fingerprint density at radius 2 is 2.14 bits per heavy atom. The van der Waals surface area contributed by atoms with Crippen LogP contribution in [0.5, 0.6) is 0 Å². The lowest BCUT2D eigenvalue weighted by atomic mass is 10.0. The number of hydrogen-bond donors (Lipinski definition) is 2. The summed E-state index contributed by atoms with van der Waals surface area (Å²) >= 11 is 0. The van der Waals surface area contributed by atoms with Crippen molar-refractivity contribution in [2.24, 2.45) is 0 Å². The second-order valence-corrected chi connectivity index (χ2v) is 5.35. The molecule has 1 unspecified atom stereocenters. The first kappa shape index (κ1) is 15.2. The third-order valence-electron chi connectivity index (χ3n) is 3.13. The van der Waals surface area contributed by atoms with E-state index < -0.39 is 6.10 Å². The van der Waals surface area contributed by atoms with Crippen molar-refractivity contribution in [3.63, 3.8) is 0 Å². The van der Waals surface area contributed by atoms with E-state index in [1.165, 1.54) is 10.2 Å². The van der Waals surface area contributed by atoms with E-state index in [9.17, 15) is 9.90 Å².